The third-order valence-electron chi connectivity index (χ3n) is 6.68. The van der Waals surface area contributed by atoms with E-state index in [1.807, 2.05) is 0 Å². The van der Waals surface area contributed by atoms with Gasteiger partial charge in [-0.05, 0) is 55.5 Å². The summed E-state index contributed by atoms with van der Waals surface area (Å²) in [5.41, 5.74) is 1.31. The normalized spacial score (nSPS) is 15.0. The van der Waals surface area contributed by atoms with Crippen LogP contribution in [0.4, 0.5) is 0 Å². The number of nitrogens with zero attached hydrogens (tertiary/aromatic N) is 4. The highest BCUT2D eigenvalue weighted by Crippen LogP contribution is 2.32. The van der Waals surface area contributed by atoms with E-state index in [4.69, 9.17) is 32.4 Å². The molecule has 0 spiro atoms. The molecule has 0 aliphatic carbocycles. The first-order valence-corrected chi connectivity index (χ1v) is 13.1. The molecule has 2 N–H and O–H groups in total. The van der Waals surface area contributed by atoms with E-state index in [0.29, 0.717) is 71.1 Å². The van der Waals surface area contributed by atoms with Gasteiger partial charge in [0.2, 0.25) is 0 Å². The zero-order valence-corrected chi connectivity index (χ0v) is 22.5. The lowest BCUT2D eigenvalue weighted by Crippen LogP contribution is -2.48. The van der Waals surface area contributed by atoms with Crippen LogP contribution in [0.15, 0.2) is 52.9 Å². The molecule has 1 amide bonds. The molecule has 0 radical (unpaired) electrons. The number of imidazole rings is 1. The van der Waals surface area contributed by atoms with Gasteiger partial charge in [0, 0.05) is 31.2 Å². The number of hydrogen-bond donors (Lipinski definition) is 2. The van der Waals surface area contributed by atoms with Crippen LogP contribution in [-0.4, -0.2) is 67.6 Å². The number of rotatable bonds is 8. The molecular formula is C27H26Cl2N4O6. The van der Waals surface area contributed by atoms with E-state index in [9.17, 15) is 19.8 Å². The van der Waals surface area contributed by atoms with E-state index in [0.717, 1.165) is 0 Å². The highest BCUT2D eigenvalue weighted by atomic mass is 35.5. The number of furan rings is 1. The number of aliphatic hydroxyl groups excluding tert-OH is 1. The third kappa shape index (κ3) is 5.74. The lowest BCUT2D eigenvalue weighted by molar-refractivity contribution is 0.0585. The van der Waals surface area contributed by atoms with E-state index in [-0.39, 0.29) is 24.0 Å². The van der Waals surface area contributed by atoms with E-state index in [1.165, 1.54) is 12.1 Å². The third-order valence-corrected chi connectivity index (χ3v) is 7.21. The van der Waals surface area contributed by atoms with Crippen LogP contribution in [0.25, 0.3) is 11.0 Å². The van der Waals surface area contributed by atoms with Gasteiger partial charge in [0.05, 0.1) is 28.2 Å². The Hall–Kier alpha value is -3.57. The number of aliphatic hydroxyl groups is 1. The van der Waals surface area contributed by atoms with Gasteiger partial charge in [0.25, 0.3) is 5.91 Å². The minimum atomic E-state index is -1.04. The number of carboxylic acid groups (broad SMARTS) is 1. The molecule has 39 heavy (non-hydrogen) atoms. The lowest BCUT2D eigenvalue weighted by Gasteiger charge is -2.34. The maximum Gasteiger partial charge on any atom is 0.335 e. The van der Waals surface area contributed by atoms with Crippen LogP contribution in [0.1, 0.15) is 45.5 Å². The molecule has 12 heteroatoms. The second-order valence-corrected chi connectivity index (χ2v) is 10.1. The number of fused-ring (bicyclic) bond motifs is 1. The summed E-state index contributed by atoms with van der Waals surface area (Å²) in [4.78, 5) is 32.9. The Morgan fingerprint density at radius 3 is 2.54 bits per heavy atom. The summed E-state index contributed by atoms with van der Waals surface area (Å²) in [6, 6.07) is 13.0. The molecule has 2 aromatic heterocycles. The van der Waals surface area contributed by atoms with Crippen LogP contribution in [0.2, 0.25) is 10.0 Å². The van der Waals surface area contributed by atoms with Crippen LogP contribution in [0.3, 0.4) is 0 Å². The Labute approximate surface area is 233 Å². The standard InChI is InChI=1S/C27H26Cl2N4O6/c1-16(38-23-5-3-18(28)13-19(23)29)22-6-7-24(39-22)26(35)32-10-8-31(9-11-32)14-25-30-20-4-2-17(27(36)37)12-21(20)33(25)15-34/h2-7,12-13,16,34H,8-11,14-15H2,1H3,(H,36,37)/t16-/m0/s1. The van der Waals surface area contributed by atoms with Gasteiger partial charge in [-0.1, -0.05) is 23.2 Å². The molecule has 0 unspecified atom stereocenters. The topological polar surface area (TPSA) is 121 Å². The molecule has 2 aromatic carbocycles. The Balaban J connectivity index is 1.20. The lowest BCUT2D eigenvalue weighted by atomic mass is 10.2. The highest BCUT2D eigenvalue weighted by Gasteiger charge is 2.26. The quantitative estimate of drug-likeness (QED) is 0.312. The zero-order chi connectivity index (χ0) is 27.7. The van der Waals surface area contributed by atoms with Crippen molar-refractivity contribution in [3.8, 4) is 5.75 Å². The Morgan fingerprint density at radius 1 is 1.08 bits per heavy atom. The fourth-order valence-electron chi connectivity index (χ4n) is 4.55. The number of carboxylic acids is 1. The highest BCUT2D eigenvalue weighted by molar-refractivity contribution is 6.35. The predicted molar refractivity (Wildman–Crippen MR) is 144 cm³/mol. The average Bonchev–Trinajstić information content (AvgIpc) is 3.54. The van der Waals surface area contributed by atoms with Gasteiger partial charge in [-0.25, -0.2) is 9.78 Å². The van der Waals surface area contributed by atoms with Crippen molar-refractivity contribution in [2.24, 2.45) is 0 Å². The molecule has 5 rings (SSSR count). The molecule has 10 nitrogen and oxygen atoms in total. The van der Waals surface area contributed by atoms with Crippen LogP contribution in [0, 0.1) is 0 Å². The predicted octanol–water partition coefficient (Wildman–Crippen LogP) is 4.68. The fourth-order valence-corrected chi connectivity index (χ4v) is 5.01. The Morgan fingerprint density at radius 2 is 1.85 bits per heavy atom. The number of piperazine rings is 1. The van der Waals surface area contributed by atoms with Gasteiger partial charge in [0.1, 0.15) is 24.1 Å². The van der Waals surface area contributed by atoms with Gasteiger partial charge in [-0.3, -0.25) is 9.69 Å². The number of halogens is 2. The summed E-state index contributed by atoms with van der Waals surface area (Å²) in [6.45, 7) is 4.12. The van der Waals surface area contributed by atoms with Gasteiger partial charge in [0.15, 0.2) is 11.9 Å². The van der Waals surface area contributed by atoms with Crippen molar-refractivity contribution < 1.29 is 29.0 Å². The molecule has 0 bridgehead atoms. The number of aromatic nitrogens is 2. The Bertz CT molecular complexity index is 1530. The van der Waals surface area contributed by atoms with Gasteiger partial charge in [-0.2, -0.15) is 0 Å². The largest absolute Gasteiger partial charge is 0.481 e. The first kappa shape index (κ1) is 27.0. The number of benzene rings is 2. The van der Waals surface area contributed by atoms with Crippen molar-refractivity contribution in [3.05, 3.63) is 81.5 Å². The maximum absolute atomic E-state index is 13.1. The molecule has 1 aliphatic heterocycles. The molecule has 1 atom stereocenters. The molecule has 4 aromatic rings. The van der Waals surface area contributed by atoms with Gasteiger partial charge < -0.3 is 28.8 Å². The summed E-state index contributed by atoms with van der Waals surface area (Å²) in [5.74, 6) is 0.568. The second kappa shape index (κ2) is 11.3. The van der Waals surface area contributed by atoms with Crippen LogP contribution in [-0.2, 0) is 13.3 Å². The first-order chi connectivity index (χ1) is 18.7. The summed E-state index contributed by atoms with van der Waals surface area (Å²) in [7, 11) is 0. The van der Waals surface area contributed by atoms with Gasteiger partial charge >= 0.3 is 5.97 Å². The van der Waals surface area contributed by atoms with E-state index in [2.05, 4.69) is 9.88 Å². The van der Waals surface area contributed by atoms with Crippen molar-refractivity contribution in [2.45, 2.75) is 26.3 Å². The monoisotopic (exact) mass is 572 g/mol. The molecule has 1 saturated heterocycles. The minimum Gasteiger partial charge on any atom is -0.481 e. The Kier molecular flexibility index (Phi) is 7.81. The van der Waals surface area contributed by atoms with E-state index in [1.54, 1.807) is 52.8 Å². The number of hydrogen-bond acceptors (Lipinski definition) is 7. The fraction of sp³-hybridized carbons (Fsp3) is 0.296. The van der Waals surface area contributed by atoms with E-state index < -0.39 is 12.1 Å². The summed E-state index contributed by atoms with van der Waals surface area (Å²) in [6.07, 6.45) is -0.473. The van der Waals surface area contributed by atoms with Crippen molar-refractivity contribution in [1.82, 2.24) is 19.4 Å². The van der Waals surface area contributed by atoms with Crippen molar-refractivity contribution in [3.63, 3.8) is 0 Å². The van der Waals surface area contributed by atoms with Crippen LogP contribution >= 0.6 is 23.2 Å². The second-order valence-electron chi connectivity index (χ2n) is 9.21. The summed E-state index contributed by atoms with van der Waals surface area (Å²) < 4.78 is 13.3. The van der Waals surface area contributed by atoms with Crippen molar-refractivity contribution >= 4 is 46.1 Å². The molecule has 204 valence electrons. The molecule has 0 saturated carbocycles. The van der Waals surface area contributed by atoms with Crippen LogP contribution in [0.5, 0.6) is 5.75 Å². The number of ether oxygens (including phenoxy) is 1. The number of amides is 1. The SMILES string of the molecule is C[C@H](Oc1ccc(Cl)cc1Cl)c1ccc(C(=O)N2CCN(Cc3nc4ccc(C(=O)O)cc4n3CO)CC2)o1. The maximum atomic E-state index is 13.1. The average molecular weight is 573 g/mol. The molecule has 1 fully saturated rings. The van der Waals surface area contributed by atoms with Crippen LogP contribution < -0.4 is 4.74 Å². The molecule has 1 aliphatic rings. The zero-order valence-electron chi connectivity index (χ0n) is 21.0. The first-order valence-electron chi connectivity index (χ1n) is 12.3. The van der Waals surface area contributed by atoms with Crippen molar-refractivity contribution in [2.75, 3.05) is 26.2 Å². The van der Waals surface area contributed by atoms with Crippen molar-refractivity contribution in [1.29, 1.82) is 0 Å². The number of carbonyl (C=O) groups is 2. The summed E-state index contributed by atoms with van der Waals surface area (Å²) in [5, 5.41) is 20.1. The number of carbonyl (C=O) groups excluding carboxylic acids is 1. The molecular weight excluding hydrogens is 547 g/mol. The minimum absolute atomic E-state index is 0.131. The molecule has 3 heterocycles. The smallest absolute Gasteiger partial charge is 0.335 e. The van der Waals surface area contributed by atoms with E-state index >= 15 is 0 Å². The number of aromatic carboxylic acids is 1. The summed E-state index contributed by atoms with van der Waals surface area (Å²) >= 11 is 12.1. The van der Waals surface area contributed by atoms with Gasteiger partial charge in [-0.15, -0.1) is 0 Å².